The standard InChI is InChI=1S/C23H22N4O3S/c1-13(21-8-14(11-31-21)15-6-4-5-7-16(15)22(24)28)27-23-17-9-19(29-2)20(30-3)10-18(17)25-12-26-23/h4-13H,1-3H3,(H2,24,28)(H,25,26,27). The molecule has 0 saturated carbocycles. The largest absolute Gasteiger partial charge is 0.493 e. The van der Waals surface area contributed by atoms with Gasteiger partial charge in [-0.15, -0.1) is 11.3 Å². The van der Waals surface area contributed by atoms with Crippen molar-refractivity contribution in [3.05, 3.63) is 64.6 Å². The third-order valence-corrected chi connectivity index (χ3v) is 6.16. The van der Waals surface area contributed by atoms with E-state index in [2.05, 4.69) is 28.3 Å². The maximum absolute atomic E-state index is 11.8. The van der Waals surface area contributed by atoms with Crippen LogP contribution in [-0.4, -0.2) is 30.1 Å². The minimum absolute atomic E-state index is 0.0225. The fraction of sp³-hybridized carbons (Fsp3) is 0.174. The van der Waals surface area contributed by atoms with Gasteiger partial charge in [0.2, 0.25) is 5.91 Å². The number of hydrogen-bond acceptors (Lipinski definition) is 7. The number of nitrogens with zero attached hydrogens (tertiary/aromatic N) is 2. The van der Waals surface area contributed by atoms with Crippen LogP contribution in [0.5, 0.6) is 11.5 Å². The van der Waals surface area contributed by atoms with Crippen molar-refractivity contribution in [1.82, 2.24) is 9.97 Å². The summed E-state index contributed by atoms with van der Waals surface area (Å²) >= 11 is 1.61. The Labute approximate surface area is 183 Å². The topological polar surface area (TPSA) is 99.4 Å². The molecule has 158 valence electrons. The molecule has 0 aliphatic carbocycles. The van der Waals surface area contributed by atoms with E-state index in [1.165, 1.54) is 6.33 Å². The first-order valence-electron chi connectivity index (χ1n) is 9.62. The zero-order valence-corrected chi connectivity index (χ0v) is 18.2. The predicted molar refractivity (Wildman–Crippen MR) is 123 cm³/mol. The number of methoxy groups -OCH3 is 2. The minimum Gasteiger partial charge on any atom is -0.493 e. The SMILES string of the molecule is COc1cc2ncnc(NC(C)c3cc(-c4ccccc4C(N)=O)cs3)c2cc1OC. The van der Waals surface area contributed by atoms with E-state index in [1.54, 1.807) is 31.6 Å². The number of nitrogens with two attached hydrogens (primary N) is 1. The summed E-state index contributed by atoms with van der Waals surface area (Å²) in [7, 11) is 3.19. The average molecular weight is 435 g/mol. The summed E-state index contributed by atoms with van der Waals surface area (Å²) in [6.45, 7) is 2.06. The Morgan fingerprint density at radius 1 is 1.10 bits per heavy atom. The molecular formula is C23H22N4O3S. The molecule has 31 heavy (non-hydrogen) atoms. The van der Waals surface area contributed by atoms with Gasteiger partial charge in [-0.3, -0.25) is 4.79 Å². The molecular weight excluding hydrogens is 412 g/mol. The highest BCUT2D eigenvalue weighted by Gasteiger charge is 2.16. The first-order chi connectivity index (χ1) is 15.0. The van der Waals surface area contributed by atoms with E-state index in [-0.39, 0.29) is 6.04 Å². The van der Waals surface area contributed by atoms with Crippen molar-refractivity contribution in [2.45, 2.75) is 13.0 Å². The van der Waals surface area contributed by atoms with E-state index in [1.807, 2.05) is 35.7 Å². The van der Waals surface area contributed by atoms with Gasteiger partial charge in [-0.05, 0) is 41.6 Å². The van der Waals surface area contributed by atoms with Gasteiger partial charge < -0.3 is 20.5 Å². The van der Waals surface area contributed by atoms with E-state index in [0.717, 1.165) is 26.9 Å². The fourth-order valence-electron chi connectivity index (χ4n) is 3.45. The quantitative estimate of drug-likeness (QED) is 0.439. The molecule has 0 spiro atoms. The molecule has 2 aromatic heterocycles. The van der Waals surface area contributed by atoms with Gasteiger partial charge in [-0.25, -0.2) is 9.97 Å². The lowest BCUT2D eigenvalue weighted by Crippen LogP contribution is -2.12. The third-order valence-electron chi connectivity index (χ3n) is 5.04. The van der Waals surface area contributed by atoms with Crippen LogP contribution in [0.25, 0.3) is 22.0 Å². The Kier molecular flexibility index (Phi) is 5.73. The number of thiophene rings is 1. The number of fused-ring (bicyclic) bond motifs is 1. The Bertz CT molecular complexity index is 1250. The van der Waals surface area contributed by atoms with Gasteiger partial charge in [0.05, 0.1) is 25.8 Å². The minimum atomic E-state index is -0.439. The van der Waals surface area contributed by atoms with Gasteiger partial charge in [-0.1, -0.05) is 18.2 Å². The molecule has 8 heteroatoms. The molecule has 0 bridgehead atoms. The van der Waals surface area contributed by atoms with Gasteiger partial charge in [-0.2, -0.15) is 0 Å². The molecule has 0 radical (unpaired) electrons. The lowest BCUT2D eigenvalue weighted by molar-refractivity contribution is 0.100. The van der Waals surface area contributed by atoms with Crippen LogP contribution in [-0.2, 0) is 0 Å². The monoisotopic (exact) mass is 434 g/mol. The molecule has 1 amide bonds. The van der Waals surface area contributed by atoms with Gasteiger partial charge in [0.1, 0.15) is 12.1 Å². The number of primary amides is 1. The van der Waals surface area contributed by atoms with Crippen molar-refractivity contribution in [3.8, 4) is 22.6 Å². The number of hydrogen-bond donors (Lipinski definition) is 2. The zero-order chi connectivity index (χ0) is 22.0. The number of carbonyl (C=O) groups excluding carboxylic acids is 1. The van der Waals surface area contributed by atoms with Gasteiger partial charge in [0.15, 0.2) is 11.5 Å². The number of carbonyl (C=O) groups is 1. The van der Waals surface area contributed by atoms with Crippen LogP contribution in [0.3, 0.4) is 0 Å². The Morgan fingerprint density at radius 2 is 1.84 bits per heavy atom. The Balaban J connectivity index is 1.65. The smallest absolute Gasteiger partial charge is 0.249 e. The highest BCUT2D eigenvalue weighted by atomic mass is 32.1. The van der Waals surface area contributed by atoms with Gasteiger partial charge >= 0.3 is 0 Å². The Hall–Kier alpha value is -3.65. The summed E-state index contributed by atoms with van der Waals surface area (Å²) in [5.74, 6) is 1.49. The van der Waals surface area contributed by atoms with Crippen molar-refractivity contribution in [3.63, 3.8) is 0 Å². The van der Waals surface area contributed by atoms with Crippen LogP contribution in [0.2, 0.25) is 0 Å². The Morgan fingerprint density at radius 3 is 2.58 bits per heavy atom. The van der Waals surface area contributed by atoms with E-state index < -0.39 is 5.91 Å². The first-order valence-corrected chi connectivity index (χ1v) is 10.5. The highest BCUT2D eigenvalue weighted by molar-refractivity contribution is 7.10. The average Bonchev–Trinajstić information content (AvgIpc) is 3.28. The predicted octanol–water partition coefficient (Wildman–Crippen LogP) is 4.65. The molecule has 2 heterocycles. The molecule has 0 saturated heterocycles. The normalized spacial score (nSPS) is 11.8. The number of amides is 1. The van der Waals surface area contributed by atoms with Crippen molar-refractivity contribution >= 4 is 34.0 Å². The molecule has 4 aromatic rings. The summed E-state index contributed by atoms with van der Waals surface area (Å²) in [5, 5.41) is 6.33. The van der Waals surface area contributed by atoms with E-state index in [4.69, 9.17) is 15.2 Å². The maximum atomic E-state index is 11.8. The summed E-state index contributed by atoms with van der Waals surface area (Å²) in [5.41, 5.74) is 8.59. The number of aromatic nitrogens is 2. The van der Waals surface area contributed by atoms with Gasteiger partial charge in [0.25, 0.3) is 0 Å². The van der Waals surface area contributed by atoms with Crippen molar-refractivity contribution in [2.24, 2.45) is 5.73 Å². The highest BCUT2D eigenvalue weighted by Crippen LogP contribution is 2.36. The van der Waals surface area contributed by atoms with Crippen LogP contribution in [0, 0.1) is 0 Å². The zero-order valence-electron chi connectivity index (χ0n) is 17.4. The van der Waals surface area contributed by atoms with Gasteiger partial charge in [0, 0.05) is 21.9 Å². The van der Waals surface area contributed by atoms with E-state index >= 15 is 0 Å². The van der Waals surface area contributed by atoms with Crippen LogP contribution in [0.4, 0.5) is 5.82 Å². The number of anilines is 1. The molecule has 0 aliphatic rings. The van der Waals surface area contributed by atoms with Crippen molar-refractivity contribution < 1.29 is 14.3 Å². The number of rotatable bonds is 7. The summed E-state index contributed by atoms with van der Waals surface area (Å²) in [6.07, 6.45) is 1.52. The molecule has 1 atom stereocenters. The molecule has 4 rings (SSSR count). The molecule has 2 aromatic carbocycles. The van der Waals surface area contributed by atoms with Crippen molar-refractivity contribution in [1.29, 1.82) is 0 Å². The van der Waals surface area contributed by atoms with E-state index in [0.29, 0.717) is 22.9 Å². The van der Waals surface area contributed by atoms with Crippen molar-refractivity contribution in [2.75, 3.05) is 19.5 Å². The molecule has 0 fully saturated rings. The molecule has 7 nitrogen and oxygen atoms in total. The number of ether oxygens (including phenoxy) is 2. The second-order valence-corrected chi connectivity index (χ2v) is 7.90. The molecule has 0 aliphatic heterocycles. The summed E-state index contributed by atoms with van der Waals surface area (Å²) in [4.78, 5) is 21.7. The first kappa shape index (κ1) is 20.6. The lowest BCUT2D eigenvalue weighted by Gasteiger charge is -2.16. The molecule has 3 N–H and O–H groups in total. The number of benzene rings is 2. The van der Waals surface area contributed by atoms with Crippen LogP contribution >= 0.6 is 11.3 Å². The second kappa shape index (κ2) is 8.61. The third kappa shape index (κ3) is 4.02. The van der Waals surface area contributed by atoms with Crippen LogP contribution < -0.4 is 20.5 Å². The summed E-state index contributed by atoms with van der Waals surface area (Å²) in [6, 6.07) is 13.1. The summed E-state index contributed by atoms with van der Waals surface area (Å²) < 4.78 is 10.8. The van der Waals surface area contributed by atoms with Crippen LogP contribution in [0.1, 0.15) is 28.2 Å². The van der Waals surface area contributed by atoms with Crippen LogP contribution in [0.15, 0.2) is 54.2 Å². The lowest BCUT2D eigenvalue weighted by atomic mass is 10.0. The number of nitrogens with one attached hydrogen (secondary N) is 1. The molecule has 1 unspecified atom stereocenters. The second-order valence-electron chi connectivity index (χ2n) is 6.96. The van der Waals surface area contributed by atoms with E-state index in [9.17, 15) is 4.79 Å². The fourth-order valence-corrected chi connectivity index (χ4v) is 4.36. The maximum Gasteiger partial charge on any atom is 0.249 e.